The SMILES string of the molecule is COC(=O)c1c(NCc2ccc(F)cc2)sc2c1CCCC2. The molecule has 0 saturated carbocycles. The average molecular weight is 319 g/mol. The van der Waals surface area contributed by atoms with E-state index in [1.807, 2.05) is 0 Å². The number of aryl methyl sites for hydroxylation is 1. The number of rotatable bonds is 4. The standard InChI is InChI=1S/C17H18FNO2S/c1-21-17(20)15-13-4-2-3-5-14(13)22-16(15)19-10-11-6-8-12(18)9-7-11/h6-9,19H,2-5,10H2,1H3. The maximum Gasteiger partial charge on any atom is 0.341 e. The molecule has 0 radical (unpaired) electrons. The lowest BCUT2D eigenvalue weighted by atomic mass is 9.95. The van der Waals surface area contributed by atoms with Crippen molar-refractivity contribution in [2.24, 2.45) is 0 Å². The van der Waals surface area contributed by atoms with Crippen LogP contribution in [-0.4, -0.2) is 13.1 Å². The first-order chi connectivity index (χ1) is 10.7. The molecule has 0 amide bonds. The van der Waals surface area contributed by atoms with E-state index >= 15 is 0 Å². The molecule has 0 saturated heterocycles. The van der Waals surface area contributed by atoms with Crippen LogP contribution in [0.5, 0.6) is 0 Å². The van der Waals surface area contributed by atoms with Crippen LogP contribution in [0.25, 0.3) is 0 Å². The molecule has 0 spiro atoms. The number of nitrogens with one attached hydrogen (secondary N) is 1. The number of carbonyl (C=O) groups excluding carboxylic acids is 1. The van der Waals surface area contributed by atoms with E-state index in [1.54, 1.807) is 23.5 Å². The Hall–Kier alpha value is -1.88. The van der Waals surface area contributed by atoms with Gasteiger partial charge in [-0.25, -0.2) is 9.18 Å². The normalized spacial score (nSPS) is 13.5. The first-order valence-electron chi connectivity index (χ1n) is 7.40. The third kappa shape index (κ3) is 2.99. The van der Waals surface area contributed by atoms with Crippen molar-refractivity contribution in [3.63, 3.8) is 0 Å². The lowest BCUT2D eigenvalue weighted by Gasteiger charge is -2.12. The summed E-state index contributed by atoms with van der Waals surface area (Å²) in [6.45, 7) is 0.559. The number of carbonyl (C=O) groups is 1. The number of esters is 1. The number of fused-ring (bicyclic) bond motifs is 1. The fourth-order valence-electron chi connectivity index (χ4n) is 2.79. The third-order valence-corrected chi connectivity index (χ3v) is 5.18. The maximum absolute atomic E-state index is 12.9. The summed E-state index contributed by atoms with van der Waals surface area (Å²) in [6, 6.07) is 6.37. The molecule has 22 heavy (non-hydrogen) atoms. The van der Waals surface area contributed by atoms with E-state index in [0.717, 1.165) is 35.4 Å². The minimum absolute atomic E-state index is 0.245. The summed E-state index contributed by atoms with van der Waals surface area (Å²) in [5.74, 6) is -0.522. The van der Waals surface area contributed by atoms with Gasteiger partial charge in [0.15, 0.2) is 0 Å². The van der Waals surface area contributed by atoms with Gasteiger partial charge in [0.05, 0.1) is 12.7 Å². The minimum Gasteiger partial charge on any atom is -0.465 e. The Morgan fingerprint density at radius 1 is 1.27 bits per heavy atom. The van der Waals surface area contributed by atoms with Crippen molar-refractivity contribution < 1.29 is 13.9 Å². The molecular formula is C17H18FNO2S. The third-order valence-electron chi connectivity index (χ3n) is 3.93. The summed E-state index contributed by atoms with van der Waals surface area (Å²) in [4.78, 5) is 13.4. The Balaban J connectivity index is 1.84. The van der Waals surface area contributed by atoms with Crippen molar-refractivity contribution in [2.45, 2.75) is 32.2 Å². The molecule has 1 N–H and O–H groups in total. The smallest absolute Gasteiger partial charge is 0.341 e. The van der Waals surface area contributed by atoms with Crippen molar-refractivity contribution in [3.05, 3.63) is 51.7 Å². The van der Waals surface area contributed by atoms with Crippen LogP contribution in [0.3, 0.4) is 0 Å². The first-order valence-corrected chi connectivity index (χ1v) is 8.22. The van der Waals surface area contributed by atoms with Gasteiger partial charge in [0.2, 0.25) is 0 Å². The molecular weight excluding hydrogens is 301 g/mol. The fourth-order valence-corrected chi connectivity index (χ4v) is 4.07. The second-order valence-electron chi connectivity index (χ2n) is 5.39. The molecule has 1 heterocycles. The van der Waals surface area contributed by atoms with E-state index in [1.165, 1.54) is 30.5 Å². The van der Waals surface area contributed by atoms with Crippen molar-refractivity contribution in [1.82, 2.24) is 0 Å². The zero-order valence-electron chi connectivity index (χ0n) is 12.4. The topological polar surface area (TPSA) is 38.3 Å². The van der Waals surface area contributed by atoms with Gasteiger partial charge in [0.1, 0.15) is 10.8 Å². The minimum atomic E-state index is -0.277. The number of benzene rings is 1. The van der Waals surface area contributed by atoms with Crippen molar-refractivity contribution in [3.8, 4) is 0 Å². The number of thiophene rings is 1. The molecule has 116 valence electrons. The molecule has 1 aliphatic rings. The Bertz CT molecular complexity index is 679. The van der Waals surface area contributed by atoms with Gasteiger partial charge in [-0.05, 0) is 48.9 Å². The van der Waals surface area contributed by atoms with Crippen molar-refractivity contribution >= 4 is 22.3 Å². The Morgan fingerprint density at radius 3 is 2.73 bits per heavy atom. The molecule has 0 atom stereocenters. The van der Waals surface area contributed by atoms with Crippen LogP contribution < -0.4 is 5.32 Å². The molecule has 0 aliphatic heterocycles. The van der Waals surface area contributed by atoms with Gasteiger partial charge in [-0.3, -0.25) is 0 Å². The monoisotopic (exact) mass is 319 g/mol. The molecule has 2 aromatic rings. The summed E-state index contributed by atoms with van der Waals surface area (Å²) >= 11 is 1.64. The number of hydrogen-bond acceptors (Lipinski definition) is 4. The number of halogens is 1. The summed E-state index contributed by atoms with van der Waals surface area (Å²) in [7, 11) is 1.42. The van der Waals surface area contributed by atoms with Crippen LogP contribution in [-0.2, 0) is 24.1 Å². The van der Waals surface area contributed by atoms with Crippen LogP contribution in [0, 0.1) is 5.82 Å². The Labute approximate surface area is 133 Å². The summed E-state index contributed by atoms with van der Waals surface area (Å²) in [5, 5.41) is 4.18. The van der Waals surface area contributed by atoms with E-state index in [0.29, 0.717) is 12.1 Å². The highest BCUT2D eigenvalue weighted by Gasteiger charge is 2.25. The number of anilines is 1. The van der Waals surface area contributed by atoms with Crippen LogP contribution in [0.1, 0.15) is 39.2 Å². The van der Waals surface area contributed by atoms with Gasteiger partial charge in [0, 0.05) is 11.4 Å². The number of hydrogen-bond donors (Lipinski definition) is 1. The zero-order valence-corrected chi connectivity index (χ0v) is 13.3. The predicted molar refractivity (Wildman–Crippen MR) is 86.0 cm³/mol. The predicted octanol–water partition coefficient (Wildman–Crippen LogP) is 4.16. The van der Waals surface area contributed by atoms with E-state index in [4.69, 9.17) is 4.74 Å². The van der Waals surface area contributed by atoms with E-state index in [9.17, 15) is 9.18 Å². The number of methoxy groups -OCH3 is 1. The molecule has 0 unspecified atom stereocenters. The zero-order chi connectivity index (χ0) is 15.5. The van der Waals surface area contributed by atoms with Crippen molar-refractivity contribution in [1.29, 1.82) is 0 Å². The highest BCUT2D eigenvalue weighted by atomic mass is 32.1. The lowest BCUT2D eigenvalue weighted by Crippen LogP contribution is -2.10. The molecule has 3 rings (SSSR count). The van der Waals surface area contributed by atoms with Gasteiger partial charge in [-0.1, -0.05) is 12.1 Å². The first kappa shape index (κ1) is 15.0. The van der Waals surface area contributed by atoms with Crippen molar-refractivity contribution in [2.75, 3.05) is 12.4 Å². The quantitative estimate of drug-likeness (QED) is 0.860. The molecule has 1 aromatic heterocycles. The summed E-state index contributed by atoms with van der Waals surface area (Å²) < 4.78 is 17.9. The van der Waals surface area contributed by atoms with Gasteiger partial charge in [-0.2, -0.15) is 0 Å². The van der Waals surface area contributed by atoms with E-state index in [-0.39, 0.29) is 11.8 Å². The molecule has 0 bridgehead atoms. The molecule has 1 aliphatic carbocycles. The van der Waals surface area contributed by atoms with Gasteiger partial charge in [0.25, 0.3) is 0 Å². The van der Waals surface area contributed by atoms with Crippen LogP contribution in [0.15, 0.2) is 24.3 Å². The maximum atomic E-state index is 12.9. The van der Waals surface area contributed by atoms with Gasteiger partial charge >= 0.3 is 5.97 Å². The highest BCUT2D eigenvalue weighted by Crippen LogP contribution is 2.38. The average Bonchev–Trinajstić information content (AvgIpc) is 2.92. The fraction of sp³-hybridized carbons (Fsp3) is 0.353. The molecule has 0 fully saturated rings. The lowest BCUT2D eigenvalue weighted by molar-refractivity contribution is 0.0601. The largest absolute Gasteiger partial charge is 0.465 e. The summed E-state index contributed by atoms with van der Waals surface area (Å²) in [5.41, 5.74) is 2.80. The summed E-state index contributed by atoms with van der Waals surface area (Å²) in [6.07, 6.45) is 4.26. The van der Waals surface area contributed by atoms with Gasteiger partial charge in [-0.15, -0.1) is 11.3 Å². The van der Waals surface area contributed by atoms with Crippen LogP contribution in [0.2, 0.25) is 0 Å². The second-order valence-corrected chi connectivity index (χ2v) is 6.49. The molecule has 1 aromatic carbocycles. The van der Waals surface area contributed by atoms with Crippen LogP contribution >= 0.6 is 11.3 Å². The van der Waals surface area contributed by atoms with Gasteiger partial charge < -0.3 is 10.1 Å². The van der Waals surface area contributed by atoms with E-state index in [2.05, 4.69) is 5.32 Å². The van der Waals surface area contributed by atoms with E-state index < -0.39 is 0 Å². The second kappa shape index (κ2) is 6.48. The molecule has 3 nitrogen and oxygen atoms in total. The highest BCUT2D eigenvalue weighted by molar-refractivity contribution is 7.16. The Kier molecular flexibility index (Phi) is 4.43. The Morgan fingerprint density at radius 2 is 2.00 bits per heavy atom. The molecule has 5 heteroatoms. The number of ether oxygens (including phenoxy) is 1. The van der Waals surface area contributed by atoms with Crippen LogP contribution in [0.4, 0.5) is 9.39 Å².